The monoisotopic (exact) mass is 334 g/mol. The van der Waals surface area contributed by atoms with Crippen molar-refractivity contribution < 1.29 is 4.79 Å². The zero-order chi connectivity index (χ0) is 16.1. The number of hydrogen-bond acceptors (Lipinski definition) is 3. The van der Waals surface area contributed by atoms with Crippen molar-refractivity contribution in [3.05, 3.63) is 58.9 Å². The van der Waals surface area contributed by atoms with Crippen LogP contribution in [0.15, 0.2) is 47.6 Å². The molecule has 0 radical (unpaired) electrons. The van der Waals surface area contributed by atoms with Gasteiger partial charge in [0.25, 0.3) is 5.91 Å². The van der Waals surface area contributed by atoms with Gasteiger partial charge in [0.15, 0.2) is 0 Å². The average molecular weight is 335 g/mol. The van der Waals surface area contributed by atoms with Crippen molar-refractivity contribution in [2.24, 2.45) is 0 Å². The van der Waals surface area contributed by atoms with Crippen LogP contribution in [0.25, 0.3) is 0 Å². The molecule has 0 saturated carbocycles. The summed E-state index contributed by atoms with van der Waals surface area (Å²) in [6, 6.07) is 9.79. The van der Waals surface area contributed by atoms with Gasteiger partial charge >= 0.3 is 0 Å². The van der Waals surface area contributed by atoms with Crippen LogP contribution in [0.2, 0.25) is 5.02 Å². The Bertz CT molecular complexity index is 643. The number of carbonyl (C=O) groups excluding carboxylic acids is 1. The first-order valence-corrected chi connectivity index (χ1v) is 8.40. The molecule has 1 amide bonds. The Morgan fingerprint density at radius 2 is 1.86 bits per heavy atom. The molecular weight excluding hydrogens is 316 g/mol. The minimum atomic E-state index is -0.194. The number of halogens is 1. The van der Waals surface area contributed by atoms with Gasteiger partial charge < -0.3 is 5.32 Å². The molecule has 0 aliphatic rings. The van der Waals surface area contributed by atoms with E-state index < -0.39 is 0 Å². The van der Waals surface area contributed by atoms with E-state index in [9.17, 15) is 4.79 Å². The van der Waals surface area contributed by atoms with Crippen molar-refractivity contribution in [2.75, 3.05) is 0 Å². The van der Waals surface area contributed by atoms with Gasteiger partial charge in [0.1, 0.15) is 0 Å². The third kappa shape index (κ3) is 4.49. The van der Waals surface area contributed by atoms with Crippen LogP contribution in [0.4, 0.5) is 0 Å². The fourth-order valence-electron chi connectivity index (χ4n) is 2.02. The number of hydrogen-bond donors (Lipinski definition) is 1. The van der Waals surface area contributed by atoms with Gasteiger partial charge in [0.05, 0.1) is 16.6 Å². The van der Waals surface area contributed by atoms with Gasteiger partial charge in [0.2, 0.25) is 0 Å². The van der Waals surface area contributed by atoms with E-state index in [2.05, 4.69) is 36.3 Å². The topological polar surface area (TPSA) is 42.0 Å². The average Bonchev–Trinajstić information content (AvgIpc) is 2.47. The molecule has 1 N–H and O–H groups in total. The van der Waals surface area contributed by atoms with Crippen molar-refractivity contribution >= 4 is 29.3 Å². The summed E-state index contributed by atoms with van der Waals surface area (Å²) in [5, 5.41) is 3.87. The molecule has 116 valence electrons. The molecule has 2 rings (SSSR count). The molecule has 1 aromatic heterocycles. The van der Waals surface area contributed by atoms with Crippen LogP contribution < -0.4 is 5.32 Å². The second-order valence-electron chi connectivity index (χ2n) is 5.29. The highest BCUT2D eigenvalue weighted by Gasteiger charge is 2.14. The lowest BCUT2D eigenvalue weighted by molar-refractivity contribution is 0.0940. The molecule has 1 heterocycles. The first-order chi connectivity index (χ1) is 10.5. The number of aromatic nitrogens is 1. The van der Waals surface area contributed by atoms with Crippen LogP contribution in [0.3, 0.4) is 0 Å². The van der Waals surface area contributed by atoms with E-state index in [4.69, 9.17) is 11.6 Å². The molecule has 0 aliphatic carbocycles. The molecule has 1 unspecified atom stereocenters. The van der Waals surface area contributed by atoms with Crippen molar-refractivity contribution in [1.29, 1.82) is 0 Å². The predicted octanol–water partition coefficient (Wildman–Crippen LogP) is 4.73. The Kier molecular flexibility index (Phi) is 5.86. The van der Waals surface area contributed by atoms with E-state index in [1.807, 2.05) is 30.8 Å². The Labute approximate surface area is 140 Å². The van der Waals surface area contributed by atoms with E-state index in [-0.39, 0.29) is 11.9 Å². The van der Waals surface area contributed by atoms with Crippen molar-refractivity contribution in [3.8, 4) is 0 Å². The van der Waals surface area contributed by atoms with Gasteiger partial charge in [-0.1, -0.05) is 37.6 Å². The highest BCUT2D eigenvalue weighted by atomic mass is 35.5. The molecule has 1 atom stereocenters. The summed E-state index contributed by atoms with van der Waals surface area (Å²) < 4.78 is 0. The minimum absolute atomic E-state index is 0.0881. The fourth-order valence-corrected chi connectivity index (χ4v) is 3.07. The maximum atomic E-state index is 12.2. The molecule has 2 aromatic rings. The summed E-state index contributed by atoms with van der Waals surface area (Å²) in [4.78, 5) is 17.3. The Morgan fingerprint density at radius 1 is 1.18 bits per heavy atom. The van der Waals surface area contributed by atoms with Gasteiger partial charge in [-0.05, 0) is 30.7 Å². The lowest BCUT2D eigenvalue weighted by Gasteiger charge is -2.15. The fraction of sp³-hybridized carbons (Fsp3) is 0.294. The largest absolute Gasteiger partial charge is 0.345 e. The highest BCUT2D eigenvalue weighted by Crippen LogP contribution is 2.24. The maximum absolute atomic E-state index is 12.2. The molecular formula is C17H19ClN2OS. The number of carbonyl (C=O) groups is 1. The predicted molar refractivity (Wildman–Crippen MR) is 92.6 cm³/mol. The molecule has 0 fully saturated rings. The van der Waals surface area contributed by atoms with Gasteiger partial charge in [-0.2, -0.15) is 0 Å². The van der Waals surface area contributed by atoms with E-state index >= 15 is 0 Å². The third-order valence-electron chi connectivity index (χ3n) is 3.12. The summed E-state index contributed by atoms with van der Waals surface area (Å²) in [5.74, 6) is -0.194. The number of benzene rings is 1. The Morgan fingerprint density at radius 3 is 2.45 bits per heavy atom. The van der Waals surface area contributed by atoms with Crippen molar-refractivity contribution in [1.82, 2.24) is 10.3 Å². The van der Waals surface area contributed by atoms with Crippen LogP contribution in [-0.2, 0) is 0 Å². The summed E-state index contributed by atoms with van der Waals surface area (Å²) in [6.07, 6.45) is 3.03. The van der Waals surface area contributed by atoms with E-state index in [0.717, 1.165) is 5.56 Å². The number of nitrogens with zero attached hydrogens (tertiary/aromatic N) is 1. The van der Waals surface area contributed by atoms with Crippen LogP contribution >= 0.6 is 23.4 Å². The molecule has 0 spiro atoms. The van der Waals surface area contributed by atoms with Gasteiger partial charge in [-0.25, -0.2) is 0 Å². The van der Waals surface area contributed by atoms with Gasteiger partial charge in [0, 0.05) is 22.5 Å². The molecule has 0 saturated heterocycles. The van der Waals surface area contributed by atoms with Crippen LogP contribution in [0.5, 0.6) is 0 Å². The van der Waals surface area contributed by atoms with E-state index in [0.29, 0.717) is 15.8 Å². The van der Waals surface area contributed by atoms with Crippen molar-refractivity contribution in [2.45, 2.75) is 37.0 Å². The zero-order valence-corrected chi connectivity index (χ0v) is 14.4. The standard InChI is InChI=1S/C17H19ClN2OS/c1-11(2)22-14-6-4-13(5-7-14)12(3)20-17(21)15-8-9-19-10-16(15)18/h4-12H,1-3H3,(H,20,21). The minimum Gasteiger partial charge on any atom is -0.345 e. The van der Waals surface area contributed by atoms with E-state index in [1.54, 1.807) is 12.3 Å². The smallest absolute Gasteiger partial charge is 0.253 e. The Hall–Kier alpha value is -1.52. The number of thioether (sulfide) groups is 1. The quantitative estimate of drug-likeness (QED) is 0.804. The zero-order valence-electron chi connectivity index (χ0n) is 12.8. The number of rotatable bonds is 5. The SMILES string of the molecule is CC(C)Sc1ccc(C(C)NC(=O)c2ccncc2Cl)cc1. The number of amides is 1. The van der Waals surface area contributed by atoms with Crippen molar-refractivity contribution in [3.63, 3.8) is 0 Å². The normalized spacial score (nSPS) is 12.2. The van der Waals surface area contributed by atoms with Crippen LogP contribution in [0.1, 0.15) is 42.7 Å². The second kappa shape index (κ2) is 7.65. The molecule has 22 heavy (non-hydrogen) atoms. The molecule has 5 heteroatoms. The number of nitrogens with one attached hydrogen (secondary N) is 1. The number of pyridine rings is 1. The molecule has 3 nitrogen and oxygen atoms in total. The first kappa shape index (κ1) is 16.8. The maximum Gasteiger partial charge on any atom is 0.253 e. The van der Waals surface area contributed by atoms with Gasteiger partial charge in [-0.3, -0.25) is 9.78 Å². The summed E-state index contributed by atoms with van der Waals surface area (Å²) in [5.41, 5.74) is 1.50. The Balaban J connectivity index is 2.04. The van der Waals surface area contributed by atoms with E-state index in [1.165, 1.54) is 11.1 Å². The second-order valence-corrected chi connectivity index (χ2v) is 7.34. The third-order valence-corrected chi connectivity index (χ3v) is 4.43. The molecule has 0 bridgehead atoms. The summed E-state index contributed by atoms with van der Waals surface area (Å²) in [7, 11) is 0. The lowest BCUT2D eigenvalue weighted by atomic mass is 10.1. The van der Waals surface area contributed by atoms with Crippen LogP contribution in [0, 0.1) is 0 Å². The van der Waals surface area contributed by atoms with Gasteiger partial charge in [-0.15, -0.1) is 11.8 Å². The summed E-state index contributed by atoms with van der Waals surface area (Å²) in [6.45, 7) is 6.29. The molecule has 1 aromatic carbocycles. The van der Waals surface area contributed by atoms with Crippen LogP contribution in [-0.4, -0.2) is 16.1 Å². The summed E-state index contributed by atoms with van der Waals surface area (Å²) >= 11 is 7.81. The lowest BCUT2D eigenvalue weighted by Crippen LogP contribution is -2.26. The first-order valence-electron chi connectivity index (χ1n) is 7.14. The highest BCUT2D eigenvalue weighted by molar-refractivity contribution is 7.99. The molecule has 0 aliphatic heterocycles.